The summed E-state index contributed by atoms with van der Waals surface area (Å²) in [6, 6.07) is 8.33. The minimum atomic E-state index is -0.312. The van der Waals surface area contributed by atoms with Crippen molar-refractivity contribution in [2.75, 3.05) is 6.61 Å². The molecule has 0 spiro atoms. The van der Waals surface area contributed by atoms with Crippen LogP contribution in [0.25, 0.3) is 0 Å². The highest BCUT2D eigenvalue weighted by molar-refractivity contribution is 9.10. The molecule has 3 rings (SSSR count). The number of benzene rings is 1. The summed E-state index contributed by atoms with van der Waals surface area (Å²) in [6.07, 6.45) is 0.682. The van der Waals surface area contributed by atoms with Gasteiger partial charge in [-0.2, -0.15) is 5.10 Å². The molecule has 0 aliphatic carbocycles. The number of fused-ring (bicyclic) bond motifs is 1. The van der Waals surface area contributed by atoms with Crippen molar-refractivity contribution in [1.82, 2.24) is 15.1 Å². The summed E-state index contributed by atoms with van der Waals surface area (Å²) in [5.74, 6) is 0.460. The van der Waals surface area contributed by atoms with Crippen LogP contribution in [0.2, 0.25) is 0 Å². The van der Waals surface area contributed by atoms with E-state index in [9.17, 15) is 9.59 Å². The maximum atomic E-state index is 12.3. The molecule has 0 saturated carbocycles. The SMILES string of the molecule is Cn1nc(C(=O)NC2CCOc3ccc(Br)cc32)ccc1=O. The second kappa shape index (κ2) is 5.92. The van der Waals surface area contributed by atoms with Gasteiger partial charge in [0.05, 0.1) is 12.6 Å². The predicted molar refractivity (Wildman–Crippen MR) is 83.9 cm³/mol. The normalized spacial score (nSPS) is 16.5. The van der Waals surface area contributed by atoms with Gasteiger partial charge in [-0.25, -0.2) is 4.68 Å². The minimum absolute atomic E-state index is 0.146. The van der Waals surface area contributed by atoms with Gasteiger partial charge in [-0.05, 0) is 24.3 Å². The number of hydrogen-bond donors (Lipinski definition) is 1. The standard InChI is InChI=1S/C15H14BrN3O3/c1-19-14(20)5-3-12(18-19)15(21)17-11-6-7-22-13-4-2-9(16)8-10(11)13/h2-5,8,11H,6-7H2,1H3,(H,17,21). The highest BCUT2D eigenvalue weighted by atomic mass is 79.9. The summed E-state index contributed by atoms with van der Waals surface area (Å²) in [7, 11) is 1.51. The topological polar surface area (TPSA) is 73.2 Å². The molecular weight excluding hydrogens is 350 g/mol. The average molecular weight is 364 g/mol. The van der Waals surface area contributed by atoms with Crippen molar-refractivity contribution >= 4 is 21.8 Å². The van der Waals surface area contributed by atoms with Crippen molar-refractivity contribution < 1.29 is 9.53 Å². The molecule has 1 N–H and O–H groups in total. The second-order valence-corrected chi connectivity index (χ2v) is 5.94. The molecule has 0 bridgehead atoms. The number of rotatable bonds is 2. The molecule has 22 heavy (non-hydrogen) atoms. The zero-order valence-electron chi connectivity index (χ0n) is 11.9. The fraction of sp³-hybridized carbons (Fsp3) is 0.267. The number of nitrogens with zero attached hydrogens (tertiary/aromatic N) is 2. The number of hydrogen-bond acceptors (Lipinski definition) is 4. The molecule has 1 aromatic heterocycles. The van der Waals surface area contributed by atoms with Gasteiger partial charge in [0.25, 0.3) is 11.5 Å². The summed E-state index contributed by atoms with van der Waals surface area (Å²) < 4.78 is 7.67. The van der Waals surface area contributed by atoms with E-state index >= 15 is 0 Å². The Labute approximate surface area is 135 Å². The fourth-order valence-electron chi connectivity index (χ4n) is 2.37. The van der Waals surface area contributed by atoms with Crippen LogP contribution in [0.5, 0.6) is 5.75 Å². The van der Waals surface area contributed by atoms with Gasteiger partial charge >= 0.3 is 0 Å². The highest BCUT2D eigenvalue weighted by Crippen LogP contribution is 2.34. The number of aromatic nitrogens is 2. The Morgan fingerprint density at radius 2 is 2.23 bits per heavy atom. The van der Waals surface area contributed by atoms with E-state index in [1.807, 2.05) is 18.2 Å². The van der Waals surface area contributed by atoms with Crippen LogP contribution in [0.1, 0.15) is 28.5 Å². The zero-order chi connectivity index (χ0) is 15.7. The van der Waals surface area contributed by atoms with E-state index in [0.29, 0.717) is 13.0 Å². The van der Waals surface area contributed by atoms with Crippen molar-refractivity contribution in [1.29, 1.82) is 0 Å². The van der Waals surface area contributed by atoms with E-state index in [2.05, 4.69) is 26.3 Å². The molecule has 0 fully saturated rings. The molecule has 0 radical (unpaired) electrons. The van der Waals surface area contributed by atoms with Gasteiger partial charge in [0.15, 0.2) is 0 Å². The number of ether oxygens (including phenoxy) is 1. The van der Waals surface area contributed by atoms with Crippen LogP contribution in [0.4, 0.5) is 0 Å². The van der Waals surface area contributed by atoms with Crippen molar-refractivity contribution in [3.8, 4) is 5.75 Å². The van der Waals surface area contributed by atoms with Crippen molar-refractivity contribution in [3.63, 3.8) is 0 Å². The molecule has 6 nitrogen and oxygen atoms in total. The number of aryl methyl sites for hydroxylation is 1. The van der Waals surface area contributed by atoms with Crippen LogP contribution in [-0.4, -0.2) is 22.3 Å². The third-order valence-corrected chi connectivity index (χ3v) is 4.00. The summed E-state index contributed by atoms with van der Waals surface area (Å²) >= 11 is 3.43. The summed E-state index contributed by atoms with van der Waals surface area (Å²) in [6.45, 7) is 0.542. The number of nitrogens with one attached hydrogen (secondary N) is 1. The first-order chi connectivity index (χ1) is 10.5. The van der Waals surface area contributed by atoms with Gasteiger partial charge < -0.3 is 10.1 Å². The van der Waals surface area contributed by atoms with Gasteiger partial charge in [-0.15, -0.1) is 0 Å². The van der Waals surface area contributed by atoms with E-state index in [0.717, 1.165) is 20.5 Å². The number of halogens is 1. The monoisotopic (exact) mass is 363 g/mol. The molecule has 7 heteroatoms. The Balaban J connectivity index is 1.85. The van der Waals surface area contributed by atoms with Crippen molar-refractivity contribution in [3.05, 3.63) is 56.4 Å². The molecule has 2 aromatic rings. The molecule has 114 valence electrons. The van der Waals surface area contributed by atoms with E-state index in [1.54, 1.807) is 0 Å². The van der Waals surface area contributed by atoms with E-state index < -0.39 is 0 Å². The van der Waals surface area contributed by atoms with Crippen LogP contribution in [0, 0.1) is 0 Å². The maximum Gasteiger partial charge on any atom is 0.272 e. The van der Waals surface area contributed by atoms with Crippen LogP contribution in [0.15, 0.2) is 39.6 Å². The van der Waals surface area contributed by atoms with Crippen LogP contribution in [0.3, 0.4) is 0 Å². The molecule has 1 atom stereocenters. The van der Waals surface area contributed by atoms with Crippen LogP contribution < -0.4 is 15.6 Å². The summed E-state index contributed by atoms with van der Waals surface area (Å²) in [5, 5.41) is 6.91. The third kappa shape index (κ3) is 2.89. The molecule has 1 amide bonds. The Hall–Kier alpha value is -2.15. The summed E-state index contributed by atoms with van der Waals surface area (Å²) in [4.78, 5) is 23.7. The molecule has 1 unspecified atom stereocenters. The van der Waals surface area contributed by atoms with Gasteiger partial charge in [-0.1, -0.05) is 15.9 Å². The van der Waals surface area contributed by atoms with Crippen molar-refractivity contribution in [2.24, 2.45) is 7.05 Å². The lowest BCUT2D eigenvalue weighted by atomic mass is 10.0. The Bertz CT molecular complexity index is 788. The van der Waals surface area contributed by atoms with Gasteiger partial charge in [0.1, 0.15) is 11.4 Å². The number of carbonyl (C=O) groups excluding carboxylic acids is 1. The van der Waals surface area contributed by atoms with Gasteiger partial charge in [0.2, 0.25) is 0 Å². The first kappa shape index (κ1) is 14.8. The fourth-order valence-corrected chi connectivity index (χ4v) is 2.75. The molecule has 1 aliphatic rings. The van der Waals surface area contributed by atoms with E-state index in [1.165, 1.54) is 19.2 Å². The molecular formula is C15H14BrN3O3. The molecule has 1 aliphatic heterocycles. The van der Waals surface area contributed by atoms with Crippen molar-refractivity contribution in [2.45, 2.75) is 12.5 Å². The highest BCUT2D eigenvalue weighted by Gasteiger charge is 2.24. The Morgan fingerprint density at radius 3 is 3.00 bits per heavy atom. The van der Waals surface area contributed by atoms with Gasteiger partial charge in [-0.3, -0.25) is 9.59 Å². The maximum absolute atomic E-state index is 12.3. The Kier molecular flexibility index (Phi) is 3.98. The van der Waals surface area contributed by atoms with E-state index in [4.69, 9.17) is 4.74 Å². The largest absolute Gasteiger partial charge is 0.493 e. The third-order valence-electron chi connectivity index (χ3n) is 3.51. The lowest BCUT2D eigenvalue weighted by molar-refractivity contribution is 0.0917. The quantitative estimate of drug-likeness (QED) is 0.882. The smallest absolute Gasteiger partial charge is 0.272 e. The zero-order valence-corrected chi connectivity index (χ0v) is 13.5. The van der Waals surface area contributed by atoms with Crippen LogP contribution >= 0.6 is 15.9 Å². The Morgan fingerprint density at radius 1 is 1.41 bits per heavy atom. The lowest BCUT2D eigenvalue weighted by Crippen LogP contribution is -2.34. The minimum Gasteiger partial charge on any atom is -0.493 e. The molecule has 2 heterocycles. The first-order valence-corrected chi connectivity index (χ1v) is 7.61. The van der Waals surface area contributed by atoms with Crippen LogP contribution in [-0.2, 0) is 7.05 Å². The van der Waals surface area contributed by atoms with Gasteiger partial charge in [0, 0.05) is 29.6 Å². The second-order valence-electron chi connectivity index (χ2n) is 5.03. The average Bonchev–Trinajstić information content (AvgIpc) is 2.50. The summed E-state index contributed by atoms with van der Waals surface area (Å²) in [5.41, 5.74) is 0.890. The lowest BCUT2D eigenvalue weighted by Gasteiger charge is -2.26. The van der Waals surface area contributed by atoms with E-state index in [-0.39, 0.29) is 23.2 Å². The first-order valence-electron chi connectivity index (χ1n) is 6.82. The molecule has 0 saturated heterocycles. The predicted octanol–water partition coefficient (Wildman–Crippen LogP) is 1.80. The number of amides is 1. The number of carbonyl (C=O) groups is 1. The molecule has 1 aromatic carbocycles.